The highest BCUT2D eigenvalue weighted by Gasteiger charge is 2.19. The topological polar surface area (TPSA) is 99.2 Å². The first-order chi connectivity index (χ1) is 15.1. The lowest BCUT2D eigenvalue weighted by Gasteiger charge is -2.07. The summed E-state index contributed by atoms with van der Waals surface area (Å²) < 4.78 is 6.15. The lowest BCUT2D eigenvalue weighted by atomic mass is 10.1. The molecule has 9 nitrogen and oxygen atoms in total. The molecule has 0 aliphatic carbocycles. The standard InChI is InChI=1S/C21H18N8OS/c1-27-7-6-13(26-27)8-17-24-20-19(31-17)15-10-23-29(21(30)18(15)28(20)2)11-12-4-3-5-16-14(12)9-22-25-16/h3-7,9-10H,8,11H2,1-2H3,(H,22,25). The first-order valence-electron chi connectivity index (χ1n) is 9.82. The van der Waals surface area contributed by atoms with Gasteiger partial charge in [0.05, 0.1) is 34.8 Å². The van der Waals surface area contributed by atoms with Crippen molar-refractivity contribution in [2.75, 3.05) is 0 Å². The van der Waals surface area contributed by atoms with Crippen LogP contribution in [-0.4, -0.2) is 39.3 Å². The van der Waals surface area contributed by atoms with Gasteiger partial charge in [0.2, 0.25) is 0 Å². The minimum absolute atomic E-state index is 0.128. The van der Waals surface area contributed by atoms with Crippen molar-refractivity contribution in [3.63, 3.8) is 0 Å². The lowest BCUT2D eigenvalue weighted by molar-refractivity contribution is 0.647. The number of hydrogen-bond donors (Lipinski definition) is 1. The van der Waals surface area contributed by atoms with Crippen molar-refractivity contribution in [3.05, 3.63) is 69.5 Å². The number of fused-ring (bicyclic) bond motifs is 4. The van der Waals surface area contributed by atoms with Crippen molar-refractivity contribution in [2.45, 2.75) is 13.0 Å². The third-order valence-electron chi connectivity index (χ3n) is 5.57. The minimum atomic E-state index is -0.128. The summed E-state index contributed by atoms with van der Waals surface area (Å²) in [7, 11) is 3.79. The fraction of sp³-hybridized carbons (Fsp3) is 0.190. The molecule has 0 amide bonds. The molecule has 0 saturated carbocycles. The Bertz CT molecular complexity index is 1650. The summed E-state index contributed by atoms with van der Waals surface area (Å²) in [6.07, 6.45) is 6.15. The van der Waals surface area contributed by atoms with Crippen LogP contribution in [0.3, 0.4) is 0 Å². The summed E-state index contributed by atoms with van der Waals surface area (Å²) in [6, 6.07) is 7.89. The summed E-state index contributed by atoms with van der Waals surface area (Å²) >= 11 is 1.59. The highest BCUT2D eigenvalue weighted by atomic mass is 32.1. The van der Waals surface area contributed by atoms with E-state index in [9.17, 15) is 4.79 Å². The predicted octanol–water partition coefficient (Wildman–Crippen LogP) is 2.59. The second-order valence-corrected chi connectivity index (χ2v) is 8.68. The van der Waals surface area contributed by atoms with Gasteiger partial charge in [0.25, 0.3) is 5.56 Å². The molecular formula is C21H18N8OS. The summed E-state index contributed by atoms with van der Waals surface area (Å²) in [6.45, 7) is 0.378. The third-order valence-corrected chi connectivity index (χ3v) is 6.64. The Morgan fingerprint density at radius 2 is 2.03 bits per heavy atom. The molecule has 0 bridgehead atoms. The van der Waals surface area contributed by atoms with Crippen molar-refractivity contribution in [1.82, 2.24) is 39.3 Å². The molecule has 0 atom stereocenters. The monoisotopic (exact) mass is 430 g/mol. The lowest BCUT2D eigenvalue weighted by Crippen LogP contribution is -2.24. The molecule has 0 spiro atoms. The van der Waals surface area contributed by atoms with E-state index in [0.29, 0.717) is 18.5 Å². The first-order valence-corrected chi connectivity index (χ1v) is 10.6. The average molecular weight is 430 g/mol. The molecule has 1 aromatic carbocycles. The zero-order valence-electron chi connectivity index (χ0n) is 16.9. The number of aromatic amines is 1. The number of nitrogens with zero attached hydrogens (tertiary/aromatic N) is 7. The smallest absolute Gasteiger partial charge is 0.291 e. The Balaban J connectivity index is 1.43. The van der Waals surface area contributed by atoms with Crippen LogP contribution in [0.15, 0.2) is 47.7 Å². The average Bonchev–Trinajstić information content (AvgIpc) is 3.52. The van der Waals surface area contributed by atoms with E-state index in [-0.39, 0.29) is 5.56 Å². The number of nitrogens with one attached hydrogen (secondary N) is 1. The zero-order valence-corrected chi connectivity index (χ0v) is 17.7. The first kappa shape index (κ1) is 18.0. The maximum Gasteiger partial charge on any atom is 0.291 e. The van der Waals surface area contributed by atoms with E-state index in [1.54, 1.807) is 28.4 Å². The predicted molar refractivity (Wildman–Crippen MR) is 119 cm³/mol. The second kappa shape index (κ2) is 6.61. The van der Waals surface area contributed by atoms with Gasteiger partial charge in [0.15, 0.2) is 5.65 Å². The highest BCUT2D eigenvalue weighted by Crippen LogP contribution is 2.31. The molecule has 0 fully saturated rings. The van der Waals surface area contributed by atoms with Gasteiger partial charge < -0.3 is 4.57 Å². The van der Waals surface area contributed by atoms with E-state index >= 15 is 0 Å². The maximum absolute atomic E-state index is 13.3. The second-order valence-electron chi connectivity index (χ2n) is 7.59. The molecular weight excluding hydrogens is 412 g/mol. The fourth-order valence-electron chi connectivity index (χ4n) is 4.06. The number of hydrogen-bond acceptors (Lipinski definition) is 6. The number of thiazole rings is 1. The number of aromatic nitrogens is 8. The highest BCUT2D eigenvalue weighted by molar-refractivity contribution is 7.19. The Labute approximate surface area is 179 Å². The zero-order chi connectivity index (χ0) is 21.1. The largest absolute Gasteiger partial charge is 0.323 e. The van der Waals surface area contributed by atoms with Crippen LogP contribution in [0.5, 0.6) is 0 Å². The number of rotatable bonds is 4. The van der Waals surface area contributed by atoms with Crippen LogP contribution < -0.4 is 5.56 Å². The molecule has 0 radical (unpaired) electrons. The molecule has 10 heteroatoms. The van der Waals surface area contributed by atoms with E-state index < -0.39 is 0 Å². The minimum Gasteiger partial charge on any atom is -0.323 e. The van der Waals surface area contributed by atoms with Gasteiger partial charge in [-0.05, 0) is 17.7 Å². The van der Waals surface area contributed by atoms with E-state index in [1.165, 1.54) is 4.68 Å². The molecule has 31 heavy (non-hydrogen) atoms. The Hall–Kier alpha value is -3.79. The molecule has 0 unspecified atom stereocenters. The van der Waals surface area contributed by atoms with Crippen LogP contribution in [0.1, 0.15) is 16.3 Å². The summed E-state index contributed by atoms with van der Waals surface area (Å²) in [4.78, 5) is 18.1. The van der Waals surface area contributed by atoms with Gasteiger partial charge >= 0.3 is 0 Å². The van der Waals surface area contributed by atoms with Crippen molar-refractivity contribution in [1.29, 1.82) is 0 Å². The summed E-state index contributed by atoms with van der Waals surface area (Å²) in [5.74, 6) is 0. The van der Waals surface area contributed by atoms with Gasteiger partial charge in [-0.25, -0.2) is 9.67 Å². The third kappa shape index (κ3) is 2.79. The molecule has 0 aliphatic rings. The summed E-state index contributed by atoms with van der Waals surface area (Å²) in [5.41, 5.74) is 4.20. The van der Waals surface area contributed by atoms with Crippen LogP contribution in [-0.2, 0) is 27.1 Å². The normalized spacial score (nSPS) is 11.9. The van der Waals surface area contributed by atoms with E-state index in [4.69, 9.17) is 4.98 Å². The van der Waals surface area contributed by atoms with Crippen LogP contribution in [0.25, 0.3) is 32.2 Å². The van der Waals surface area contributed by atoms with Crippen LogP contribution in [0, 0.1) is 0 Å². The molecule has 5 aromatic heterocycles. The van der Waals surface area contributed by atoms with E-state index in [1.807, 2.05) is 49.1 Å². The molecule has 0 saturated heterocycles. The fourth-order valence-corrected chi connectivity index (χ4v) is 5.18. The Kier molecular flexibility index (Phi) is 3.84. The maximum atomic E-state index is 13.3. The van der Waals surface area contributed by atoms with E-state index in [0.717, 1.165) is 42.9 Å². The number of aryl methyl sites for hydroxylation is 2. The van der Waals surface area contributed by atoms with Gasteiger partial charge in [-0.15, -0.1) is 11.3 Å². The molecule has 1 N–H and O–H groups in total. The van der Waals surface area contributed by atoms with Crippen LogP contribution in [0.2, 0.25) is 0 Å². The van der Waals surface area contributed by atoms with Gasteiger partial charge in [-0.3, -0.25) is 14.6 Å². The van der Waals surface area contributed by atoms with Gasteiger partial charge in [0.1, 0.15) is 10.5 Å². The number of benzene rings is 1. The Morgan fingerprint density at radius 1 is 1.13 bits per heavy atom. The van der Waals surface area contributed by atoms with E-state index in [2.05, 4.69) is 20.4 Å². The van der Waals surface area contributed by atoms with Gasteiger partial charge in [-0.2, -0.15) is 15.3 Å². The van der Waals surface area contributed by atoms with Crippen LogP contribution in [0.4, 0.5) is 0 Å². The van der Waals surface area contributed by atoms with Crippen molar-refractivity contribution in [3.8, 4) is 0 Å². The molecule has 5 heterocycles. The molecule has 0 aliphatic heterocycles. The molecule has 6 rings (SSSR count). The molecule has 154 valence electrons. The van der Waals surface area contributed by atoms with Crippen molar-refractivity contribution in [2.24, 2.45) is 14.1 Å². The van der Waals surface area contributed by atoms with Gasteiger partial charge in [0, 0.05) is 37.5 Å². The number of H-pyrrole nitrogens is 1. The Morgan fingerprint density at radius 3 is 2.87 bits per heavy atom. The molecule has 6 aromatic rings. The van der Waals surface area contributed by atoms with Crippen molar-refractivity contribution >= 4 is 43.5 Å². The van der Waals surface area contributed by atoms with Gasteiger partial charge in [-0.1, -0.05) is 12.1 Å². The SMILES string of the molecule is Cn1ccc(Cc2nc3c(s2)c2cnn(Cc4cccc5[nH]ncc45)c(=O)c2n3C)n1. The quantitative estimate of drug-likeness (QED) is 0.463. The summed E-state index contributed by atoms with van der Waals surface area (Å²) in [5, 5.41) is 18.8. The van der Waals surface area contributed by atoms with Crippen LogP contribution >= 0.6 is 11.3 Å². The van der Waals surface area contributed by atoms with Crippen molar-refractivity contribution < 1.29 is 0 Å².